The lowest BCUT2D eigenvalue weighted by molar-refractivity contribution is -0.370. The minimum absolute atomic E-state index is 0. The van der Waals surface area contributed by atoms with E-state index in [1.165, 1.54) is 0 Å². The lowest BCUT2D eigenvalue weighted by atomic mass is 11.0. The SMILES string of the molecule is [I-].[I-].c1csc[nH+]1.c1csc[nH+]1. The van der Waals surface area contributed by atoms with Gasteiger partial charge in [-0.3, -0.25) is 0 Å². The predicted molar refractivity (Wildman–Crippen MR) is 41.7 cm³/mol. The van der Waals surface area contributed by atoms with Crippen molar-refractivity contribution in [2.75, 3.05) is 0 Å². The van der Waals surface area contributed by atoms with Gasteiger partial charge in [0.15, 0.2) is 12.4 Å². The molecule has 2 heterocycles. The van der Waals surface area contributed by atoms with Crippen LogP contribution in [0.5, 0.6) is 0 Å². The third kappa shape index (κ3) is 8.81. The first-order valence-corrected chi connectivity index (χ1v) is 4.65. The van der Waals surface area contributed by atoms with E-state index in [1.54, 1.807) is 22.7 Å². The molecule has 2 rings (SSSR count). The maximum Gasteiger partial charge on any atom is 0.222 e. The third-order valence-electron chi connectivity index (χ3n) is 0.758. The molecule has 0 aliphatic carbocycles. The van der Waals surface area contributed by atoms with Crippen molar-refractivity contribution in [3.8, 4) is 0 Å². The number of hydrogen-bond acceptors (Lipinski definition) is 2. The number of nitrogens with one attached hydrogen (secondary N) is 2. The molecule has 0 bridgehead atoms. The van der Waals surface area contributed by atoms with Gasteiger partial charge in [-0.15, -0.1) is 0 Å². The van der Waals surface area contributed by atoms with Gasteiger partial charge in [0.25, 0.3) is 0 Å². The number of H-pyrrole nitrogens is 2. The summed E-state index contributed by atoms with van der Waals surface area (Å²) >= 11 is 3.31. The Kier molecular flexibility index (Phi) is 14.8. The lowest BCUT2D eigenvalue weighted by Crippen LogP contribution is -3.00. The Hall–Kier alpha value is 0.720. The molecule has 2 aromatic rings. The molecule has 2 aromatic heterocycles. The molecule has 2 nitrogen and oxygen atoms in total. The van der Waals surface area contributed by atoms with Crippen molar-refractivity contribution >= 4 is 22.7 Å². The van der Waals surface area contributed by atoms with E-state index in [4.69, 9.17) is 0 Å². The van der Waals surface area contributed by atoms with E-state index in [2.05, 4.69) is 9.97 Å². The molecule has 0 amide bonds. The van der Waals surface area contributed by atoms with Crippen LogP contribution in [0.15, 0.2) is 34.2 Å². The zero-order valence-corrected chi connectivity index (χ0v) is 12.0. The van der Waals surface area contributed by atoms with Crippen molar-refractivity contribution < 1.29 is 57.9 Å². The van der Waals surface area contributed by atoms with E-state index >= 15 is 0 Å². The normalized spacial score (nSPS) is 6.67. The highest BCUT2D eigenvalue weighted by atomic mass is 127. The van der Waals surface area contributed by atoms with E-state index in [0.29, 0.717) is 0 Å². The average molecular weight is 426 g/mol. The van der Waals surface area contributed by atoms with Crippen molar-refractivity contribution in [1.82, 2.24) is 0 Å². The van der Waals surface area contributed by atoms with Crippen LogP contribution in [-0.4, -0.2) is 0 Å². The highest BCUT2D eigenvalue weighted by Crippen LogP contribution is 1.81. The van der Waals surface area contributed by atoms with Crippen LogP contribution in [0.3, 0.4) is 0 Å². The molecule has 0 radical (unpaired) electrons. The fourth-order valence-corrected chi connectivity index (χ4v) is 1.18. The van der Waals surface area contributed by atoms with Gasteiger partial charge in [0.05, 0.1) is 10.8 Å². The van der Waals surface area contributed by atoms with Gasteiger partial charge in [-0.05, 0) is 0 Å². The van der Waals surface area contributed by atoms with Crippen molar-refractivity contribution in [2.45, 2.75) is 0 Å². The molecule has 68 valence electrons. The van der Waals surface area contributed by atoms with E-state index in [0.717, 1.165) is 0 Å². The van der Waals surface area contributed by atoms with Crippen LogP contribution in [0.2, 0.25) is 0 Å². The Morgan fingerprint density at radius 3 is 1.25 bits per heavy atom. The molecule has 6 heteroatoms. The van der Waals surface area contributed by atoms with Crippen LogP contribution in [0.25, 0.3) is 0 Å². The van der Waals surface area contributed by atoms with Crippen LogP contribution >= 0.6 is 22.7 Å². The zero-order valence-electron chi connectivity index (χ0n) is 6.04. The van der Waals surface area contributed by atoms with Gasteiger partial charge in [0, 0.05) is 0 Å². The molecule has 0 saturated heterocycles. The Balaban J connectivity index is 0. The van der Waals surface area contributed by atoms with Crippen LogP contribution < -0.4 is 57.9 Å². The van der Waals surface area contributed by atoms with Gasteiger partial charge in [0.2, 0.25) is 11.0 Å². The Bertz CT molecular complexity index is 161. The number of hydrogen-bond donors (Lipinski definition) is 0. The summed E-state index contributed by atoms with van der Waals surface area (Å²) in [5, 5.41) is 3.97. The molecule has 0 aliphatic heterocycles. The van der Waals surface area contributed by atoms with Gasteiger partial charge in [0.1, 0.15) is 0 Å². The molecule has 0 spiro atoms. The average Bonchev–Trinajstić information content (AvgIpc) is 2.67. The second-order valence-electron chi connectivity index (χ2n) is 1.45. The largest absolute Gasteiger partial charge is 1.00 e. The summed E-state index contributed by atoms with van der Waals surface area (Å²) in [5.74, 6) is 0. The molecule has 0 atom stereocenters. The molecular weight excluding hydrogens is 418 g/mol. The van der Waals surface area contributed by atoms with E-state index in [9.17, 15) is 0 Å². The molecule has 12 heavy (non-hydrogen) atoms. The molecule has 0 aromatic carbocycles. The maximum atomic E-state index is 2.88. The van der Waals surface area contributed by atoms with Gasteiger partial charge >= 0.3 is 0 Å². The van der Waals surface area contributed by atoms with Gasteiger partial charge < -0.3 is 48.0 Å². The summed E-state index contributed by atoms with van der Waals surface area (Å²) < 4.78 is 0. The molecule has 2 N–H and O–H groups in total. The van der Waals surface area contributed by atoms with Crippen LogP contribution in [0, 0.1) is 0 Å². The van der Waals surface area contributed by atoms with Crippen LogP contribution in [0.4, 0.5) is 0 Å². The minimum Gasteiger partial charge on any atom is -1.00 e. The highest BCUT2D eigenvalue weighted by molar-refractivity contribution is 7.07. The minimum atomic E-state index is 0. The monoisotopic (exact) mass is 426 g/mol. The predicted octanol–water partition coefficient (Wildman–Crippen LogP) is -4.87. The smallest absolute Gasteiger partial charge is 0.222 e. The van der Waals surface area contributed by atoms with E-state index < -0.39 is 0 Å². The molecule has 0 aliphatic rings. The first-order chi connectivity index (χ1) is 5.00. The number of aromatic amines is 2. The van der Waals surface area contributed by atoms with Gasteiger partial charge in [-0.2, -0.15) is 0 Å². The third-order valence-corrected chi connectivity index (χ3v) is 1.89. The fourth-order valence-electron chi connectivity index (χ4n) is 0.393. The summed E-state index contributed by atoms with van der Waals surface area (Å²) in [7, 11) is 0. The number of aromatic nitrogens is 2. The summed E-state index contributed by atoms with van der Waals surface area (Å²) in [6, 6.07) is 0. The summed E-state index contributed by atoms with van der Waals surface area (Å²) in [6.45, 7) is 0. The van der Waals surface area contributed by atoms with Crippen molar-refractivity contribution in [2.24, 2.45) is 0 Å². The molecule has 0 saturated carbocycles. The van der Waals surface area contributed by atoms with Crippen LogP contribution in [-0.2, 0) is 0 Å². The topological polar surface area (TPSA) is 28.3 Å². The quantitative estimate of drug-likeness (QED) is 0.379. The van der Waals surface area contributed by atoms with E-state index in [-0.39, 0.29) is 48.0 Å². The fraction of sp³-hybridized carbons (Fsp3) is 0. The number of rotatable bonds is 0. The second-order valence-corrected chi connectivity index (χ2v) is 3.01. The van der Waals surface area contributed by atoms with Crippen LogP contribution in [0.1, 0.15) is 0 Å². The first kappa shape index (κ1) is 15.2. The summed E-state index contributed by atoms with van der Waals surface area (Å²) in [4.78, 5) is 5.76. The maximum absolute atomic E-state index is 2.88. The Labute approximate surface area is 114 Å². The van der Waals surface area contributed by atoms with Crippen molar-refractivity contribution in [3.63, 3.8) is 0 Å². The van der Waals surface area contributed by atoms with Crippen molar-refractivity contribution in [3.05, 3.63) is 34.2 Å². The molecule has 0 fully saturated rings. The summed E-state index contributed by atoms with van der Waals surface area (Å²) in [5.41, 5.74) is 3.83. The van der Waals surface area contributed by atoms with E-state index in [1.807, 2.05) is 34.2 Å². The standard InChI is InChI=1S/2C3H3NS.2HI/c2*1-2-5-3-4-1;;/h2*1-3H;2*1H. The number of halogens is 2. The molecular formula is C6H8I2N2S2. The summed E-state index contributed by atoms with van der Waals surface area (Å²) in [6.07, 6.45) is 3.79. The second kappa shape index (κ2) is 11.7. The van der Waals surface area contributed by atoms with Gasteiger partial charge in [-0.1, -0.05) is 22.7 Å². The highest BCUT2D eigenvalue weighted by Gasteiger charge is 1.68. The zero-order chi connectivity index (χ0) is 7.07. The number of thiazole rings is 2. The Morgan fingerprint density at radius 2 is 1.17 bits per heavy atom. The van der Waals surface area contributed by atoms with Gasteiger partial charge in [-0.25, -0.2) is 9.97 Å². The van der Waals surface area contributed by atoms with Crippen molar-refractivity contribution in [1.29, 1.82) is 0 Å². The molecule has 0 unspecified atom stereocenters. The first-order valence-electron chi connectivity index (χ1n) is 2.76. The lowest BCUT2D eigenvalue weighted by Gasteiger charge is -1.32. The Morgan fingerprint density at radius 1 is 0.750 bits per heavy atom.